The molecule has 0 radical (unpaired) electrons. The SMILES string of the molecule is CNC(c1cc(Cl)cnc1N)C(C)(C)N1CCCC1. The van der Waals surface area contributed by atoms with Crippen LogP contribution in [0, 0.1) is 0 Å². The summed E-state index contributed by atoms with van der Waals surface area (Å²) in [5.41, 5.74) is 6.99. The van der Waals surface area contributed by atoms with Gasteiger partial charge in [-0.25, -0.2) is 4.98 Å². The molecule has 5 heteroatoms. The Labute approximate surface area is 120 Å². The molecule has 1 aliphatic rings. The fraction of sp³-hybridized carbons (Fsp3) is 0.643. The zero-order valence-electron chi connectivity index (χ0n) is 11.9. The molecule has 1 aromatic rings. The van der Waals surface area contributed by atoms with Crippen molar-refractivity contribution >= 4 is 17.4 Å². The number of aromatic nitrogens is 1. The van der Waals surface area contributed by atoms with Crippen molar-refractivity contribution in [3.63, 3.8) is 0 Å². The lowest BCUT2D eigenvalue weighted by molar-refractivity contribution is 0.110. The van der Waals surface area contributed by atoms with Gasteiger partial charge >= 0.3 is 0 Å². The Morgan fingerprint density at radius 1 is 1.42 bits per heavy atom. The van der Waals surface area contributed by atoms with Gasteiger partial charge in [-0.15, -0.1) is 0 Å². The van der Waals surface area contributed by atoms with Gasteiger partial charge in [0.15, 0.2) is 0 Å². The standard InChI is InChI=1S/C14H23ClN4/c1-14(2,19-6-4-5-7-19)12(17-3)11-8-10(15)9-18-13(11)16/h8-9,12,17H,4-7H2,1-3H3,(H2,16,18). The molecular weight excluding hydrogens is 260 g/mol. The van der Waals surface area contributed by atoms with Gasteiger partial charge in [-0.1, -0.05) is 11.6 Å². The van der Waals surface area contributed by atoms with E-state index in [9.17, 15) is 0 Å². The number of nitrogens with zero attached hydrogens (tertiary/aromatic N) is 2. The monoisotopic (exact) mass is 282 g/mol. The molecule has 0 aromatic carbocycles. The first-order chi connectivity index (χ1) is 8.96. The number of pyridine rings is 1. The van der Waals surface area contributed by atoms with Gasteiger partial charge in [0.2, 0.25) is 0 Å². The molecule has 1 unspecified atom stereocenters. The number of nitrogen functional groups attached to an aromatic ring is 1. The molecule has 1 fully saturated rings. The Hall–Kier alpha value is -0.840. The number of halogens is 1. The Balaban J connectivity index is 2.35. The second-order valence-electron chi connectivity index (χ2n) is 5.70. The number of nitrogens with two attached hydrogens (primary N) is 1. The van der Waals surface area contributed by atoms with Crippen molar-refractivity contribution in [1.82, 2.24) is 15.2 Å². The molecule has 1 atom stereocenters. The largest absolute Gasteiger partial charge is 0.383 e. The molecule has 0 spiro atoms. The molecule has 2 rings (SSSR count). The smallest absolute Gasteiger partial charge is 0.128 e. The summed E-state index contributed by atoms with van der Waals surface area (Å²) in [5.74, 6) is 0.552. The van der Waals surface area contributed by atoms with Crippen LogP contribution in [-0.4, -0.2) is 35.6 Å². The average Bonchev–Trinajstić information content (AvgIpc) is 2.88. The Morgan fingerprint density at radius 2 is 2.05 bits per heavy atom. The van der Waals surface area contributed by atoms with Crippen molar-refractivity contribution in [3.05, 3.63) is 22.8 Å². The predicted molar refractivity (Wildman–Crippen MR) is 80.3 cm³/mol. The van der Waals surface area contributed by atoms with Crippen LogP contribution in [-0.2, 0) is 0 Å². The van der Waals surface area contributed by atoms with E-state index in [2.05, 4.69) is 29.0 Å². The third-order valence-corrected chi connectivity index (χ3v) is 4.35. The van der Waals surface area contributed by atoms with E-state index in [4.69, 9.17) is 17.3 Å². The molecule has 2 heterocycles. The summed E-state index contributed by atoms with van der Waals surface area (Å²) in [6.45, 7) is 6.78. The zero-order valence-corrected chi connectivity index (χ0v) is 12.7. The lowest BCUT2D eigenvalue weighted by atomic mass is 9.87. The summed E-state index contributed by atoms with van der Waals surface area (Å²) in [6.07, 6.45) is 4.13. The maximum atomic E-state index is 6.07. The Kier molecular flexibility index (Phi) is 4.33. The molecule has 1 aliphatic heterocycles. The van der Waals surface area contributed by atoms with Crippen LogP contribution >= 0.6 is 11.6 Å². The van der Waals surface area contributed by atoms with Gasteiger partial charge in [0.1, 0.15) is 5.82 Å². The number of nitrogens with one attached hydrogen (secondary N) is 1. The molecule has 3 N–H and O–H groups in total. The minimum atomic E-state index is -0.0221. The maximum Gasteiger partial charge on any atom is 0.128 e. The minimum absolute atomic E-state index is 0.0221. The number of anilines is 1. The molecule has 0 saturated carbocycles. The van der Waals surface area contributed by atoms with Crippen molar-refractivity contribution in [2.45, 2.75) is 38.3 Å². The maximum absolute atomic E-state index is 6.07. The Morgan fingerprint density at radius 3 is 2.63 bits per heavy atom. The van der Waals surface area contributed by atoms with Crippen LogP contribution in [0.2, 0.25) is 5.02 Å². The van der Waals surface area contributed by atoms with E-state index in [1.54, 1.807) is 6.20 Å². The van der Waals surface area contributed by atoms with E-state index in [0.717, 1.165) is 18.7 Å². The molecular formula is C14H23ClN4. The van der Waals surface area contributed by atoms with Gasteiger partial charge < -0.3 is 11.1 Å². The first-order valence-electron chi connectivity index (χ1n) is 6.80. The van der Waals surface area contributed by atoms with E-state index < -0.39 is 0 Å². The third-order valence-electron chi connectivity index (χ3n) is 4.14. The van der Waals surface area contributed by atoms with Crippen LogP contribution in [0.4, 0.5) is 5.82 Å². The van der Waals surface area contributed by atoms with Crippen LogP contribution in [0.3, 0.4) is 0 Å². The number of hydrogen-bond acceptors (Lipinski definition) is 4. The van der Waals surface area contributed by atoms with Crippen molar-refractivity contribution in [1.29, 1.82) is 0 Å². The number of likely N-dealkylation sites (N-methyl/N-ethyl adjacent to an activating group) is 1. The summed E-state index contributed by atoms with van der Waals surface area (Å²) in [5, 5.41) is 4.01. The summed E-state index contributed by atoms with van der Waals surface area (Å²) < 4.78 is 0. The van der Waals surface area contributed by atoms with E-state index in [1.807, 2.05) is 13.1 Å². The normalized spacial score (nSPS) is 18.7. The fourth-order valence-electron chi connectivity index (χ4n) is 3.06. The quantitative estimate of drug-likeness (QED) is 0.891. The first kappa shape index (κ1) is 14.6. The molecule has 0 aliphatic carbocycles. The van der Waals surface area contributed by atoms with E-state index >= 15 is 0 Å². The van der Waals surface area contributed by atoms with Crippen molar-refractivity contribution in [2.75, 3.05) is 25.9 Å². The summed E-state index contributed by atoms with van der Waals surface area (Å²) in [7, 11) is 1.96. The molecule has 4 nitrogen and oxygen atoms in total. The highest BCUT2D eigenvalue weighted by Crippen LogP contribution is 2.35. The van der Waals surface area contributed by atoms with Crippen LogP contribution in [0.1, 0.15) is 38.3 Å². The lowest BCUT2D eigenvalue weighted by Gasteiger charge is -2.42. The van der Waals surface area contributed by atoms with E-state index in [1.165, 1.54) is 12.8 Å². The van der Waals surface area contributed by atoms with E-state index in [-0.39, 0.29) is 11.6 Å². The molecule has 106 valence electrons. The summed E-state index contributed by atoms with van der Waals surface area (Å²) >= 11 is 6.07. The molecule has 19 heavy (non-hydrogen) atoms. The lowest BCUT2D eigenvalue weighted by Crippen LogP contribution is -2.51. The van der Waals surface area contributed by atoms with Gasteiger partial charge in [-0.2, -0.15) is 0 Å². The number of likely N-dealkylation sites (tertiary alicyclic amines) is 1. The fourth-order valence-corrected chi connectivity index (χ4v) is 3.23. The predicted octanol–water partition coefficient (Wildman–Crippen LogP) is 2.45. The highest BCUT2D eigenvalue weighted by atomic mass is 35.5. The van der Waals surface area contributed by atoms with Crippen LogP contribution in [0.15, 0.2) is 12.3 Å². The van der Waals surface area contributed by atoms with Gasteiger partial charge in [0, 0.05) is 17.3 Å². The van der Waals surface area contributed by atoms with Crippen LogP contribution < -0.4 is 11.1 Å². The van der Waals surface area contributed by atoms with Gasteiger partial charge in [-0.05, 0) is 52.9 Å². The van der Waals surface area contributed by atoms with Gasteiger partial charge in [0.25, 0.3) is 0 Å². The second kappa shape index (κ2) is 5.65. The second-order valence-corrected chi connectivity index (χ2v) is 6.13. The van der Waals surface area contributed by atoms with E-state index in [0.29, 0.717) is 10.8 Å². The molecule has 0 bridgehead atoms. The topological polar surface area (TPSA) is 54.2 Å². The van der Waals surface area contributed by atoms with Crippen molar-refractivity contribution in [2.24, 2.45) is 0 Å². The van der Waals surface area contributed by atoms with Crippen LogP contribution in [0.25, 0.3) is 0 Å². The first-order valence-corrected chi connectivity index (χ1v) is 7.18. The minimum Gasteiger partial charge on any atom is -0.383 e. The van der Waals surface area contributed by atoms with Gasteiger partial charge in [-0.3, -0.25) is 4.90 Å². The average molecular weight is 283 g/mol. The Bertz CT molecular complexity index is 441. The number of hydrogen-bond donors (Lipinski definition) is 2. The van der Waals surface area contributed by atoms with Gasteiger partial charge in [0.05, 0.1) is 11.1 Å². The van der Waals surface area contributed by atoms with Crippen molar-refractivity contribution in [3.8, 4) is 0 Å². The summed E-state index contributed by atoms with van der Waals surface area (Å²) in [6, 6.07) is 2.03. The summed E-state index contributed by atoms with van der Waals surface area (Å²) in [4.78, 5) is 6.68. The highest BCUT2D eigenvalue weighted by molar-refractivity contribution is 6.30. The highest BCUT2D eigenvalue weighted by Gasteiger charge is 2.37. The molecule has 0 amide bonds. The number of rotatable bonds is 4. The third kappa shape index (κ3) is 2.86. The van der Waals surface area contributed by atoms with Crippen molar-refractivity contribution < 1.29 is 0 Å². The van der Waals surface area contributed by atoms with Crippen LogP contribution in [0.5, 0.6) is 0 Å². The molecule has 1 saturated heterocycles. The molecule has 1 aromatic heterocycles. The zero-order chi connectivity index (χ0) is 14.0.